The second-order valence-corrected chi connectivity index (χ2v) is 6.31. The number of hydrogen-bond donors (Lipinski definition) is 0. The van der Waals surface area contributed by atoms with E-state index in [1.54, 1.807) is 10.6 Å². The Hall–Kier alpha value is -2.36. The van der Waals surface area contributed by atoms with Crippen molar-refractivity contribution in [3.8, 4) is 0 Å². The Morgan fingerprint density at radius 2 is 2.04 bits per heavy atom. The Morgan fingerprint density at radius 3 is 2.84 bits per heavy atom. The van der Waals surface area contributed by atoms with Gasteiger partial charge in [-0.2, -0.15) is 4.52 Å². The lowest BCUT2D eigenvalue weighted by atomic mass is 10.1. The van der Waals surface area contributed by atoms with Gasteiger partial charge in [-0.1, -0.05) is 0 Å². The minimum atomic E-state index is -2.67. The summed E-state index contributed by atoms with van der Waals surface area (Å²) in [4.78, 5) is 16.0. The molecule has 2 aromatic rings. The SMILES string of the molecule is O=C(C1CN(c2ccc3nncn3n2)CCO1)N1CCC(F)(F)CC1. The molecule has 0 radical (unpaired) electrons. The zero-order chi connectivity index (χ0) is 17.4. The van der Waals surface area contributed by atoms with Crippen molar-refractivity contribution < 1.29 is 18.3 Å². The number of likely N-dealkylation sites (tertiary alicyclic amines) is 1. The first-order valence-corrected chi connectivity index (χ1v) is 8.22. The van der Waals surface area contributed by atoms with Crippen molar-refractivity contribution in [2.75, 3.05) is 37.7 Å². The second-order valence-electron chi connectivity index (χ2n) is 6.31. The summed E-state index contributed by atoms with van der Waals surface area (Å²) in [6, 6.07) is 3.62. The van der Waals surface area contributed by atoms with Crippen LogP contribution in [0.25, 0.3) is 5.65 Å². The van der Waals surface area contributed by atoms with Crippen LogP contribution in [0.2, 0.25) is 0 Å². The van der Waals surface area contributed by atoms with E-state index in [-0.39, 0.29) is 31.8 Å². The van der Waals surface area contributed by atoms with Gasteiger partial charge < -0.3 is 14.5 Å². The van der Waals surface area contributed by atoms with Gasteiger partial charge in [-0.15, -0.1) is 15.3 Å². The Kier molecular flexibility index (Phi) is 3.98. The highest BCUT2D eigenvalue weighted by Gasteiger charge is 2.38. The monoisotopic (exact) mass is 352 g/mol. The number of nitrogens with zero attached hydrogens (tertiary/aromatic N) is 6. The standard InChI is InChI=1S/C15H18F2N6O2/c16-15(17)3-5-21(6-4-15)14(24)11-9-22(7-8-25-11)13-2-1-12-19-18-10-23(12)20-13/h1-2,10-11H,3-9H2. The van der Waals surface area contributed by atoms with E-state index in [4.69, 9.17) is 4.74 Å². The molecule has 1 atom stereocenters. The third kappa shape index (κ3) is 3.26. The zero-order valence-electron chi connectivity index (χ0n) is 13.5. The van der Waals surface area contributed by atoms with E-state index in [9.17, 15) is 13.6 Å². The number of amides is 1. The van der Waals surface area contributed by atoms with Crippen LogP contribution < -0.4 is 4.90 Å². The Balaban J connectivity index is 1.44. The molecule has 4 rings (SSSR count). The number of hydrogen-bond acceptors (Lipinski definition) is 6. The molecular weight excluding hydrogens is 334 g/mol. The average Bonchev–Trinajstić information content (AvgIpc) is 3.09. The van der Waals surface area contributed by atoms with Gasteiger partial charge in [0.1, 0.15) is 12.1 Å². The summed E-state index contributed by atoms with van der Waals surface area (Å²) in [5.41, 5.74) is 0.638. The van der Waals surface area contributed by atoms with Gasteiger partial charge in [-0.25, -0.2) is 8.78 Å². The molecule has 2 saturated heterocycles. The third-order valence-corrected chi connectivity index (χ3v) is 4.62. The molecule has 0 aliphatic carbocycles. The Morgan fingerprint density at radius 1 is 1.24 bits per heavy atom. The molecule has 8 nitrogen and oxygen atoms in total. The fourth-order valence-electron chi connectivity index (χ4n) is 3.15. The number of morpholine rings is 1. The summed E-state index contributed by atoms with van der Waals surface area (Å²) in [6.45, 7) is 1.45. The maximum atomic E-state index is 13.3. The van der Waals surface area contributed by atoms with Crippen molar-refractivity contribution >= 4 is 17.4 Å². The van der Waals surface area contributed by atoms with Crippen LogP contribution in [-0.2, 0) is 9.53 Å². The molecule has 0 spiro atoms. The second kappa shape index (κ2) is 6.17. The summed E-state index contributed by atoms with van der Waals surface area (Å²) in [6.07, 6.45) is 0.261. The summed E-state index contributed by atoms with van der Waals surface area (Å²) >= 11 is 0. The molecule has 0 aromatic carbocycles. The highest BCUT2D eigenvalue weighted by Crippen LogP contribution is 2.28. The van der Waals surface area contributed by atoms with E-state index in [2.05, 4.69) is 15.3 Å². The number of carbonyl (C=O) groups is 1. The highest BCUT2D eigenvalue weighted by molar-refractivity contribution is 5.82. The molecule has 25 heavy (non-hydrogen) atoms. The van der Waals surface area contributed by atoms with E-state index in [0.717, 1.165) is 0 Å². The summed E-state index contributed by atoms with van der Waals surface area (Å²) < 4.78 is 33.7. The number of ether oxygens (including phenoxy) is 1. The number of halogens is 2. The first-order valence-electron chi connectivity index (χ1n) is 8.22. The van der Waals surface area contributed by atoms with Gasteiger partial charge in [0.15, 0.2) is 11.8 Å². The van der Waals surface area contributed by atoms with Crippen LogP contribution in [0.5, 0.6) is 0 Å². The molecule has 2 aliphatic heterocycles. The molecule has 1 amide bonds. The molecule has 4 heterocycles. The van der Waals surface area contributed by atoms with Gasteiger partial charge in [0.25, 0.3) is 11.8 Å². The Bertz CT molecular complexity index is 772. The number of piperidine rings is 1. The molecule has 0 N–H and O–H groups in total. The quantitative estimate of drug-likeness (QED) is 0.787. The predicted octanol–water partition coefficient (Wildman–Crippen LogP) is 0.587. The topological polar surface area (TPSA) is 75.9 Å². The van der Waals surface area contributed by atoms with Gasteiger partial charge >= 0.3 is 0 Å². The van der Waals surface area contributed by atoms with Crippen LogP contribution in [-0.4, -0.2) is 75.4 Å². The number of carbonyl (C=O) groups excluding carboxylic acids is 1. The molecule has 2 aliphatic rings. The number of fused-ring (bicyclic) bond motifs is 1. The summed E-state index contributed by atoms with van der Waals surface area (Å²) in [5, 5.41) is 12.1. The molecule has 134 valence electrons. The smallest absolute Gasteiger partial charge is 0.253 e. The van der Waals surface area contributed by atoms with E-state index in [1.807, 2.05) is 11.0 Å². The van der Waals surface area contributed by atoms with Crippen molar-refractivity contribution in [3.05, 3.63) is 18.5 Å². The molecule has 0 saturated carbocycles. The predicted molar refractivity (Wildman–Crippen MR) is 83.5 cm³/mol. The fraction of sp³-hybridized carbons (Fsp3) is 0.600. The summed E-state index contributed by atoms with van der Waals surface area (Å²) in [7, 11) is 0. The fourth-order valence-corrected chi connectivity index (χ4v) is 3.15. The van der Waals surface area contributed by atoms with Gasteiger partial charge in [0.05, 0.1) is 13.2 Å². The maximum absolute atomic E-state index is 13.3. The average molecular weight is 352 g/mol. The van der Waals surface area contributed by atoms with Crippen LogP contribution in [0.1, 0.15) is 12.8 Å². The van der Waals surface area contributed by atoms with Gasteiger partial charge in [-0.05, 0) is 12.1 Å². The third-order valence-electron chi connectivity index (χ3n) is 4.62. The maximum Gasteiger partial charge on any atom is 0.253 e. The van der Waals surface area contributed by atoms with Crippen LogP contribution in [0.4, 0.5) is 14.6 Å². The van der Waals surface area contributed by atoms with Crippen molar-refractivity contribution in [1.29, 1.82) is 0 Å². The molecule has 2 aromatic heterocycles. The lowest BCUT2D eigenvalue weighted by molar-refractivity contribution is -0.150. The van der Waals surface area contributed by atoms with Gasteiger partial charge in [-0.3, -0.25) is 4.79 Å². The lowest BCUT2D eigenvalue weighted by Gasteiger charge is -2.37. The number of aromatic nitrogens is 4. The summed E-state index contributed by atoms with van der Waals surface area (Å²) in [5.74, 6) is -2.21. The van der Waals surface area contributed by atoms with Gasteiger partial charge in [0, 0.05) is 32.5 Å². The first-order chi connectivity index (χ1) is 12.0. The molecular formula is C15H18F2N6O2. The highest BCUT2D eigenvalue weighted by atomic mass is 19.3. The minimum Gasteiger partial charge on any atom is -0.365 e. The van der Waals surface area contributed by atoms with E-state index in [0.29, 0.717) is 31.2 Å². The molecule has 1 unspecified atom stereocenters. The largest absolute Gasteiger partial charge is 0.365 e. The number of rotatable bonds is 2. The lowest BCUT2D eigenvalue weighted by Crippen LogP contribution is -2.53. The normalized spacial score (nSPS) is 23.8. The number of anilines is 1. The van der Waals surface area contributed by atoms with Crippen LogP contribution >= 0.6 is 0 Å². The van der Waals surface area contributed by atoms with E-state index < -0.39 is 12.0 Å². The van der Waals surface area contributed by atoms with Gasteiger partial charge in [0.2, 0.25) is 0 Å². The Labute approximate surface area is 142 Å². The van der Waals surface area contributed by atoms with E-state index >= 15 is 0 Å². The van der Waals surface area contributed by atoms with Crippen LogP contribution in [0.3, 0.4) is 0 Å². The molecule has 10 heteroatoms. The zero-order valence-corrected chi connectivity index (χ0v) is 13.5. The van der Waals surface area contributed by atoms with Crippen molar-refractivity contribution in [1.82, 2.24) is 24.7 Å². The molecule has 2 fully saturated rings. The van der Waals surface area contributed by atoms with Crippen molar-refractivity contribution in [2.24, 2.45) is 0 Å². The first kappa shape index (κ1) is 16.1. The van der Waals surface area contributed by atoms with E-state index in [1.165, 1.54) is 11.2 Å². The molecule has 0 bridgehead atoms. The minimum absolute atomic E-state index is 0.0661. The van der Waals surface area contributed by atoms with Crippen molar-refractivity contribution in [3.63, 3.8) is 0 Å². The van der Waals surface area contributed by atoms with Crippen molar-refractivity contribution in [2.45, 2.75) is 24.9 Å². The van der Waals surface area contributed by atoms with Crippen LogP contribution in [0, 0.1) is 0 Å². The van der Waals surface area contributed by atoms with Crippen LogP contribution in [0.15, 0.2) is 18.5 Å². The number of alkyl halides is 2.